The number of hydrogen-bond donors (Lipinski definition) is 0. The molecule has 0 radical (unpaired) electrons. The van der Waals surface area contributed by atoms with Crippen molar-refractivity contribution in [3.8, 4) is 0 Å². The van der Waals surface area contributed by atoms with Gasteiger partial charge in [0.15, 0.2) is 0 Å². The van der Waals surface area contributed by atoms with Gasteiger partial charge in [-0.25, -0.2) is 0 Å². The maximum Gasteiger partial charge on any atom is -0.0386 e. The topological polar surface area (TPSA) is 0 Å². The Kier molecular flexibility index (Phi) is 7.32. The van der Waals surface area contributed by atoms with Crippen LogP contribution in [-0.4, -0.2) is 0 Å². The van der Waals surface area contributed by atoms with E-state index in [0.717, 1.165) is 17.8 Å². The zero-order valence-electron chi connectivity index (χ0n) is 13.3. The van der Waals surface area contributed by atoms with Crippen LogP contribution in [0.5, 0.6) is 0 Å². The minimum Gasteiger partial charge on any atom is -0.0625 e. The van der Waals surface area contributed by atoms with Gasteiger partial charge >= 0.3 is 0 Å². The molecule has 0 N–H and O–H groups in total. The second kappa shape index (κ2) is 9.03. The van der Waals surface area contributed by atoms with Crippen molar-refractivity contribution in [3.63, 3.8) is 0 Å². The second-order valence-corrected chi connectivity index (χ2v) is 7.54. The van der Waals surface area contributed by atoms with E-state index in [4.69, 9.17) is 0 Å². The van der Waals surface area contributed by atoms with Crippen LogP contribution >= 0.6 is 0 Å². The molecule has 0 unspecified atom stereocenters. The van der Waals surface area contributed by atoms with Crippen molar-refractivity contribution < 1.29 is 0 Å². The smallest absolute Gasteiger partial charge is 0.0386 e. The molecule has 0 heteroatoms. The third kappa shape index (κ3) is 5.88. The van der Waals surface area contributed by atoms with Crippen LogP contribution < -0.4 is 0 Å². The fourth-order valence-electron chi connectivity index (χ4n) is 4.52. The van der Waals surface area contributed by atoms with Crippen LogP contribution in [0.15, 0.2) is 0 Å². The Morgan fingerprint density at radius 2 is 0.737 bits per heavy atom. The van der Waals surface area contributed by atoms with Crippen LogP contribution in [-0.2, 0) is 0 Å². The summed E-state index contributed by atoms with van der Waals surface area (Å²) in [7, 11) is 0. The zero-order chi connectivity index (χ0) is 13.3. The van der Waals surface area contributed by atoms with E-state index in [2.05, 4.69) is 6.92 Å². The van der Waals surface area contributed by atoms with Gasteiger partial charge in [-0.1, -0.05) is 103 Å². The summed E-state index contributed by atoms with van der Waals surface area (Å²) in [6.07, 6.45) is 22.8. The average molecular weight is 264 g/mol. The lowest BCUT2D eigenvalue weighted by Gasteiger charge is -2.32. The predicted octanol–water partition coefficient (Wildman–Crippen LogP) is 6.73. The zero-order valence-corrected chi connectivity index (χ0v) is 13.3. The quantitative estimate of drug-likeness (QED) is 0.492. The molecule has 0 bridgehead atoms. The molecule has 0 saturated heterocycles. The first kappa shape index (κ1) is 15.4. The molecule has 3 fully saturated rings. The normalized spacial score (nSPS) is 27.6. The second-order valence-electron chi connectivity index (χ2n) is 7.54. The van der Waals surface area contributed by atoms with E-state index in [1.807, 2.05) is 0 Å². The monoisotopic (exact) mass is 264 g/mol. The molecule has 3 saturated carbocycles. The van der Waals surface area contributed by atoms with Crippen molar-refractivity contribution in [1.29, 1.82) is 0 Å². The number of rotatable bonds is 1. The van der Waals surface area contributed by atoms with Crippen molar-refractivity contribution in [2.45, 2.75) is 103 Å². The summed E-state index contributed by atoms with van der Waals surface area (Å²) in [5, 5.41) is 0. The van der Waals surface area contributed by atoms with Crippen LogP contribution in [0.3, 0.4) is 0 Å². The summed E-state index contributed by atoms with van der Waals surface area (Å²) in [6, 6.07) is 0. The standard InChI is InChI=1S/C12H22.C7H14/c1-3-7-11(8-4-1)12-9-5-2-6-10-12;1-7-5-3-2-4-6-7/h11-12H,1-10H2;7H,2-6H2,1H3. The van der Waals surface area contributed by atoms with Crippen LogP contribution in [0.2, 0.25) is 0 Å². The minimum atomic E-state index is 1.04. The molecule has 0 amide bonds. The summed E-state index contributed by atoms with van der Waals surface area (Å²) in [6.45, 7) is 2.36. The van der Waals surface area contributed by atoms with Gasteiger partial charge < -0.3 is 0 Å². The Morgan fingerprint density at radius 3 is 1.00 bits per heavy atom. The summed E-state index contributed by atoms with van der Waals surface area (Å²) in [5.41, 5.74) is 0. The Bertz CT molecular complexity index is 186. The van der Waals surface area contributed by atoms with Gasteiger partial charge in [0.1, 0.15) is 0 Å². The Labute approximate surface area is 121 Å². The first-order chi connectivity index (χ1) is 9.36. The highest BCUT2D eigenvalue weighted by atomic mass is 14.3. The highest BCUT2D eigenvalue weighted by molar-refractivity contribution is 4.76. The van der Waals surface area contributed by atoms with Gasteiger partial charge in [-0.2, -0.15) is 0 Å². The van der Waals surface area contributed by atoms with E-state index in [1.165, 1.54) is 70.6 Å². The third-order valence-electron chi connectivity index (χ3n) is 5.86. The minimum absolute atomic E-state index is 1.04. The molecule has 3 aliphatic carbocycles. The predicted molar refractivity (Wildman–Crippen MR) is 85.4 cm³/mol. The summed E-state index contributed by atoms with van der Waals surface area (Å²) in [4.78, 5) is 0. The lowest BCUT2D eigenvalue weighted by atomic mass is 9.73. The first-order valence-corrected chi connectivity index (χ1v) is 9.36. The van der Waals surface area contributed by atoms with E-state index in [1.54, 1.807) is 25.7 Å². The van der Waals surface area contributed by atoms with Gasteiger partial charge in [-0.15, -0.1) is 0 Å². The molecule has 0 heterocycles. The van der Waals surface area contributed by atoms with Crippen molar-refractivity contribution in [2.75, 3.05) is 0 Å². The highest BCUT2D eigenvalue weighted by Gasteiger charge is 2.24. The molecule has 19 heavy (non-hydrogen) atoms. The van der Waals surface area contributed by atoms with Crippen molar-refractivity contribution >= 4 is 0 Å². The molecule has 0 aliphatic heterocycles. The molecule has 0 aromatic heterocycles. The molecule has 0 aromatic rings. The molecule has 0 aromatic carbocycles. The molecule has 112 valence electrons. The maximum atomic E-state index is 2.36. The van der Waals surface area contributed by atoms with Crippen LogP contribution in [0.25, 0.3) is 0 Å². The van der Waals surface area contributed by atoms with Gasteiger partial charge in [-0.3, -0.25) is 0 Å². The Morgan fingerprint density at radius 1 is 0.421 bits per heavy atom. The molecular formula is C19H36. The first-order valence-electron chi connectivity index (χ1n) is 9.36. The van der Waals surface area contributed by atoms with Crippen LogP contribution in [0.4, 0.5) is 0 Å². The van der Waals surface area contributed by atoms with E-state index in [-0.39, 0.29) is 0 Å². The van der Waals surface area contributed by atoms with Crippen LogP contribution in [0, 0.1) is 17.8 Å². The van der Waals surface area contributed by atoms with Crippen molar-refractivity contribution in [3.05, 3.63) is 0 Å². The van der Waals surface area contributed by atoms with Gasteiger partial charge in [0.25, 0.3) is 0 Å². The van der Waals surface area contributed by atoms with Gasteiger partial charge in [0.05, 0.1) is 0 Å². The SMILES string of the molecule is C1CCC(C2CCCCC2)CC1.CC1CCCCC1. The van der Waals surface area contributed by atoms with Crippen LogP contribution in [0.1, 0.15) is 103 Å². The van der Waals surface area contributed by atoms with Gasteiger partial charge in [0.2, 0.25) is 0 Å². The largest absolute Gasteiger partial charge is 0.0625 e. The molecule has 0 nitrogen and oxygen atoms in total. The van der Waals surface area contributed by atoms with Crippen molar-refractivity contribution in [1.82, 2.24) is 0 Å². The molecule has 0 spiro atoms. The molecule has 3 rings (SSSR count). The molecule has 3 aliphatic rings. The van der Waals surface area contributed by atoms with Gasteiger partial charge in [-0.05, 0) is 17.8 Å². The van der Waals surface area contributed by atoms with E-state index in [0.29, 0.717) is 0 Å². The lowest BCUT2D eigenvalue weighted by molar-refractivity contribution is 0.196. The van der Waals surface area contributed by atoms with Gasteiger partial charge in [0, 0.05) is 0 Å². The fourth-order valence-corrected chi connectivity index (χ4v) is 4.52. The highest BCUT2D eigenvalue weighted by Crippen LogP contribution is 2.37. The van der Waals surface area contributed by atoms with E-state index < -0.39 is 0 Å². The summed E-state index contributed by atoms with van der Waals surface area (Å²) < 4.78 is 0. The summed E-state index contributed by atoms with van der Waals surface area (Å²) in [5.74, 6) is 3.31. The Balaban J connectivity index is 0.000000163. The third-order valence-corrected chi connectivity index (χ3v) is 5.86. The molecular weight excluding hydrogens is 228 g/mol. The van der Waals surface area contributed by atoms with E-state index >= 15 is 0 Å². The average Bonchev–Trinajstić information content (AvgIpc) is 2.51. The Hall–Kier alpha value is 0. The maximum absolute atomic E-state index is 2.36. The fraction of sp³-hybridized carbons (Fsp3) is 1.00. The summed E-state index contributed by atoms with van der Waals surface area (Å²) >= 11 is 0. The lowest BCUT2D eigenvalue weighted by Crippen LogP contribution is -2.20. The van der Waals surface area contributed by atoms with E-state index in [9.17, 15) is 0 Å². The van der Waals surface area contributed by atoms with Crippen molar-refractivity contribution in [2.24, 2.45) is 17.8 Å². The molecule has 0 atom stereocenters. The number of hydrogen-bond acceptors (Lipinski definition) is 0.